The van der Waals surface area contributed by atoms with Crippen molar-refractivity contribution in [3.63, 3.8) is 0 Å². The monoisotopic (exact) mass is 229 g/mol. The summed E-state index contributed by atoms with van der Waals surface area (Å²) in [6, 6.07) is 8.38. The van der Waals surface area contributed by atoms with E-state index in [9.17, 15) is 0 Å². The van der Waals surface area contributed by atoms with E-state index in [-0.39, 0.29) is 0 Å². The molecule has 2 aromatic rings. The van der Waals surface area contributed by atoms with Gasteiger partial charge in [0, 0.05) is 30.4 Å². The zero-order valence-corrected chi connectivity index (χ0v) is 10.3. The molecule has 0 radical (unpaired) electrons. The number of nitrogen functional groups attached to an aromatic ring is 1. The molecule has 0 spiro atoms. The van der Waals surface area contributed by atoms with E-state index in [1.807, 2.05) is 12.1 Å². The molecule has 1 aromatic heterocycles. The second-order valence-electron chi connectivity index (χ2n) is 4.96. The quantitative estimate of drug-likeness (QED) is 0.802. The Morgan fingerprint density at radius 1 is 1.24 bits per heavy atom. The molecule has 0 atom stereocenters. The molecule has 90 valence electrons. The molecule has 1 saturated heterocycles. The number of likely N-dealkylation sites (tertiary alicyclic amines) is 1. The fraction of sp³-hybridized carbons (Fsp3) is 0.429. The largest absolute Gasteiger partial charge is 0.398 e. The summed E-state index contributed by atoms with van der Waals surface area (Å²) in [5.74, 6) is 0. The van der Waals surface area contributed by atoms with Gasteiger partial charge in [-0.2, -0.15) is 0 Å². The van der Waals surface area contributed by atoms with E-state index < -0.39 is 0 Å². The number of hydrogen-bond donors (Lipinski definition) is 1. The normalized spacial score (nSPS) is 17.0. The summed E-state index contributed by atoms with van der Waals surface area (Å²) in [6.45, 7) is 3.51. The first kappa shape index (κ1) is 10.7. The zero-order valence-electron chi connectivity index (χ0n) is 10.3. The molecule has 1 aliphatic heterocycles. The van der Waals surface area contributed by atoms with Crippen LogP contribution < -0.4 is 5.73 Å². The van der Waals surface area contributed by atoms with E-state index >= 15 is 0 Å². The molecular formula is C14H19N3. The van der Waals surface area contributed by atoms with Gasteiger partial charge in [-0.15, -0.1) is 0 Å². The molecule has 3 nitrogen and oxygen atoms in total. The molecule has 2 heterocycles. The van der Waals surface area contributed by atoms with Crippen molar-refractivity contribution in [2.24, 2.45) is 7.05 Å². The number of hydrogen-bond acceptors (Lipinski definition) is 2. The summed E-state index contributed by atoms with van der Waals surface area (Å²) < 4.78 is 2.27. The third-order valence-electron chi connectivity index (χ3n) is 3.80. The van der Waals surface area contributed by atoms with Crippen LogP contribution in [0.5, 0.6) is 0 Å². The van der Waals surface area contributed by atoms with Crippen LogP contribution >= 0.6 is 0 Å². The van der Waals surface area contributed by atoms with Crippen LogP contribution in [0.25, 0.3) is 10.9 Å². The van der Waals surface area contributed by atoms with Gasteiger partial charge in [-0.25, -0.2) is 0 Å². The Hall–Kier alpha value is -1.48. The van der Waals surface area contributed by atoms with Gasteiger partial charge in [-0.05, 0) is 44.1 Å². The fourth-order valence-corrected chi connectivity index (χ4v) is 2.76. The lowest BCUT2D eigenvalue weighted by atomic mass is 10.2. The predicted molar refractivity (Wildman–Crippen MR) is 71.8 cm³/mol. The summed E-state index contributed by atoms with van der Waals surface area (Å²) >= 11 is 0. The van der Waals surface area contributed by atoms with Crippen molar-refractivity contribution in [3.8, 4) is 0 Å². The van der Waals surface area contributed by atoms with Gasteiger partial charge in [0.2, 0.25) is 0 Å². The summed E-state index contributed by atoms with van der Waals surface area (Å²) in [4.78, 5) is 2.52. The second-order valence-corrected chi connectivity index (χ2v) is 4.96. The highest BCUT2D eigenvalue weighted by atomic mass is 15.2. The molecule has 17 heavy (non-hydrogen) atoms. The van der Waals surface area contributed by atoms with E-state index in [1.54, 1.807) is 0 Å². The highest BCUT2D eigenvalue weighted by molar-refractivity contribution is 5.92. The van der Waals surface area contributed by atoms with Crippen LogP contribution in [0.3, 0.4) is 0 Å². The number of aryl methyl sites for hydroxylation is 1. The number of nitrogens with two attached hydrogens (primary N) is 1. The van der Waals surface area contributed by atoms with Crippen LogP contribution in [0.4, 0.5) is 5.69 Å². The van der Waals surface area contributed by atoms with Gasteiger partial charge in [0.15, 0.2) is 0 Å². The molecule has 0 bridgehead atoms. The smallest absolute Gasteiger partial charge is 0.0501 e. The molecule has 1 aromatic carbocycles. The van der Waals surface area contributed by atoms with E-state index in [4.69, 9.17) is 5.73 Å². The molecule has 1 fully saturated rings. The van der Waals surface area contributed by atoms with E-state index in [2.05, 4.69) is 28.6 Å². The van der Waals surface area contributed by atoms with Crippen molar-refractivity contribution < 1.29 is 0 Å². The Morgan fingerprint density at radius 3 is 2.71 bits per heavy atom. The second kappa shape index (κ2) is 4.08. The number of anilines is 1. The minimum absolute atomic E-state index is 0.880. The molecule has 1 aliphatic rings. The van der Waals surface area contributed by atoms with Crippen molar-refractivity contribution in [1.29, 1.82) is 0 Å². The van der Waals surface area contributed by atoms with Gasteiger partial charge in [0.1, 0.15) is 0 Å². The van der Waals surface area contributed by atoms with Crippen molar-refractivity contribution in [1.82, 2.24) is 9.47 Å². The molecular weight excluding hydrogens is 210 g/mol. The first-order valence-electron chi connectivity index (χ1n) is 6.31. The molecule has 3 heteroatoms. The minimum Gasteiger partial charge on any atom is -0.398 e. The van der Waals surface area contributed by atoms with E-state index in [0.29, 0.717) is 0 Å². The highest BCUT2D eigenvalue weighted by Crippen LogP contribution is 2.25. The third-order valence-corrected chi connectivity index (χ3v) is 3.80. The fourth-order valence-electron chi connectivity index (χ4n) is 2.76. The lowest BCUT2D eigenvalue weighted by Crippen LogP contribution is -2.19. The lowest BCUT2D eigenvalue weighted by Gasteiger charge is -2.14. The van der Waals surface area contributed by atoms with Crippen molar-refractivity contribution in [2.75, 3.05) is 18.8 Å². The van der Waals surface area contributed by atoms with Gasteiger partial charge in [-0.1, -0.05) is 6.07 Å². The standard InChI is InChI=1S/C14H19N3/c1-16-11(10-17-7-2-3-8-17)9-12-13(15)5-4-6-14(12)16/h4-6,9H,2-3,7-8,10,15H2,1H3. The minimum atomic E-state index is 0.880. The Bertz CT molecular complexity index is 536. The van der Waals surface area contributed by atoms with Crippen LogP contribution in [0, 0.1) is 0 Å². The molecule has 0 amide bonds. The summed E-state index contributed by atoms with van der Waals surface area (Å²) in [6.07, 6.45) is 2.68. The number of fused-ring (bicyclic) bond motifs is 1. The summed E-state index contributed by atoms with van der Waals surface area (Å²) in [5.41, 5.74) is 9.50. The molecule has 0 saturated carbocycles. The Balaban J connectivity index is 1.99. The Morgan fingerprint density at radius 2 is 2.00 bits per heavy atom. The molecule has 0 aliphatic carbocycles. The van der Waals surface area contributed by atoms with Crippen molar-refractivity contribution in [3.05, 3.63) is 30.0 Å². The van der Waals surface area contributed by atoms with E-state index in [0.717, 1.165) is 12.2 Å². The summed E-state index contributed by atoms with van der Waals surface area (Å²) in [7, 11) is 2.13. The van der Waals surface area contributed by atoms with Crippen molar-refractivity contribution >= 4 is 16.6 Å². The maximum Gasteiger partial charge on any atom is 0.0501 e. The van der Waals surface area contributed by atoms with Gasteiger partial charge in [0.25, 0.3) is 0 Å². The maximum absolute atomic E-state index is 6.02. The van der Waals surface area contributed by atoms with Crippen LogP contribution in [-0.4, -0.2) is 22.6 Å². The average molecular weight is 229 g/mol. The lowest BCUT2D eigenvalue weighted by molar-refractivity contribution is 0.324. The highest BCUT2D eigenvalue weighted by Gasteiger charge is 2.15. The molecule has 2 N–H and O–H groups in total. The first-order chi connectivity index (χ1) is 8.25. The van der Waals surface area contributed by atoms with Gasteiger partial charge < -0.3 is 10.3 Å². The SMILES string of the molecule is Cn1c(CN2CCCC2)cc2c(N)cccc21. The maximum atomic E-state index is 6.02. The molecule has 3 rings (SSSR count). The first-order valence-corrected chi connectivity index (χ1v) is 6.31. The summed E-state index contributed by atoms with van der Waals surface area (Å²) in [5, 5.41) is 1.18. The van der Waals surface area contributed by atoms with Crippen molar-refractivity contribution in [2.45, 2.75) is 19.4 Å². The number of nitrogens with zero attached hydrogens (tertiary/aromatic N) is 2. The number of aromatic nitrogens is 1. The topological polar surface area (TPSA) is 34.2 Å². The average Bonchev–Trinajstić information content (AvgIpc) is 2.92. The van der Waals surface area contributed by atoms with Crippen LogP contribution in [0.15, 0.2) is 24.3 Å². The third kappa shape index (κ3) is 1.80. The Kier molecular flexibility index (Phi) is 2.56. The van der Waals surface area contributed by atoms with Gasteiger partial charge >= 0.3 is 0 Å². The van der Waals surface area contributed by atoms with Crippen LogP contribution in [0.1, 0.15) is 18.5 Å². The van der Waals surface area contributed by atoms with E-state index in [1.165, 1.54) is 42.5 Å². The number of rotatable bonds is 2. The van der Waals surface area contributed by atoms with Gasteiger partial charge in [0.05, 0.1) is 5.52 Å². The zero-order chi connectivity index (χ0) is 11.8. The Labute approximate surface area is 102 Å². The van der Waals surface area contributed by atoms with Crippen LogP contribution in [0.2, 0.25) is 0 Å². The molecule has 0 unspecified atom stereocenters. The van der Waals surface area contributed by atoms with Crippen LogP contribution in [-0.2, 0) is 13.6 Å². The number of benzene rings is 1. The predicted octanol–water partition coefficient (Wildman–Crippen LogP) is 2.36. The van der Waals surface area contributed by atoms with Gasteiger partial charge in [-0.3, -0.25) is 4.90 Å².